The Bertz CT molecular complexity index is 465. The third-order valence-corrected chi connectivity index (χ3v) is 4.76. The average molecular weight is 354 g/mol. The molecule has 1 amide bonds. The van der Waals surface area contributed by atoms with E-state index in [1.54, 1.807) is 0 Å². The second-order valence-corrected chi connectivity index (χ2v) is 6.66. The molecule has 2 rings (SSSR count). The highest BCUT2D eigenvalue weighted by atomic mass is 79.9. The van der Waals surface area contributed by atoms with Crippen LogP contribution in [0.4, 0.5) is 0 Å². The van der Waals surface area contributed by atoms with Crippen LogP contribution in [-0.4, -0.2) is 34.9 Å². The summed E-state index contributed by atoms with van der Waals surface area (Å²) in [6.07, 6.45) is 0.146. The second-order valence-electron chi connectivity index (χ2n) is 5.87. The lowest BCUT2D eigenvalue weighted by Gasteiger charge is -2.28. The third kappa shape index (κ3) is 3.86. The van der Waals surface area contributed by atoms with Crippen LogP contribution in [-0.2, 0) is 16.1 Å². The Morgan fingerprint density at radius 3 is 2.38 bits per heavy atom. The van der Waals surface area contributed by atoms with Crippen molar-refractivity contribution in [2.45, 2.75) is 39.5 Å². The van der Waals surface area contributed by atoms with E-state index in [2.05, 4.69) is 41.9 Å². The summed E-state index contributed by atoms with van der Waals surface area (Å²) in [5.41, 5.74) is 1.17. The van der Waals surface area contributed by atoms with Crippen molar-refractivity contribution >= 4 is 21.8 Å². The van der Waals surface area contributed by atoms with Gasteiger partial charge in [-0.3, -0.25) is 4.79 Å². The fourth-order valence-corrected chi connectivity index (χ4v) is 3.50. The molecule has 0 aliphatic carbocycles. The lowest BCUT2D eigenvalue weighted by molar-refractivity contribution is -0.138. The van der Waals surface area contributed by atoms with Gasteiger partial charge in [-0.15, -0.1) is 0 Å². The number of hydrogen-bond acceptors (Lipinski definition) is 2. The zero-order valence-corrected chi connectivity index (χ0v) is 14.5. The standard InChI is InChI=1S/C17H24BrNO2/c1-12-13(2)21-14(3)16(12)17(20)19(10-9-18)11-15-7-5-4-6-8-15/h4-8,12-14,16H,9-11H2,1-3H3. The molecule has 1 aliphatic heterocycles. The molecule has 21 heavy (non-hydrogen) atoms. The van der Waals surface area contributed by atoms with Crippen LogP contribution in [0.2, 0.25) is 0 Å². The number of benzene rings is 1. The molecule has 0 spiro atoms. The highest BCUT2D eigenvalue weighted by molar-refractivity contribution is 9.09. The Hall–Kier alpha value is -0.870. The van der Waals surface area contributed by atoms with E-state index >= 15 is 0 Å². The first-order valence-corrected chi connectivity index (χ1v) is 8.71. The fourth-order valence-electron chi connectivity index (χ4n) is 3.08. The van der Waals surface area contributed by atoms with Gasteiger partial charge in [0.2, 0.25) is 5.91 Å². The first-order valence-electron chi connectivity index (χ1n) is 7.58. The van der Waals surface area contributed by atoms with Crippen LogP contribution >= 0.6 is 15.9 Å². The van der Waals surface area contributed by atoms with Crippen molar-refractivity contribution < 1.29 is 9.53 Å². The lowest BCUT2D eigenvalue weighted by atomic mass is 9.88. The van der Waals surface area contributed by atoms with E-state index in [1.165, 1.54) is 5.56 Å². The van der Waals surface area contributed by atoms with Gasteiger partial charge in [0, 0.05) is 18.4 Å². The molecule has 1 fully saturated rings. The van der Waals surface area contributed by atoms with Crippen LogP contribution < -0.4 is 0 Å². The van der Waals surface area contributed by atoms with E-state index in [4.69, 9.17) is 4.74 Å². The molecule has 1 aliphatic rings. The average Bonchev–Trinajstić information content (AvgIpc) is 2.72. The van der Waals surface area contributed by atoms with Crippen LogP contribution in [0.15, 0.2) is 30.3 Å². The molecule has 0 bridgehead atoms. The molecular weight excluding hydrogens is 330 g/mol. The van der Waals surface area contributed by atoms with Crippen molar-refractivity contribution in [3.8, 4) is 0 Å². The van der Waals surface area contributed by atoms with Gasteiger partial charge in [-0.2, -0.15) is 0 Å². The monoisotopic (exact) mass is 353 g/mol. The molecule has 0 aromatic heterocycles. The van der Waals surface area contributed by atoms with Gasteiger partial charge in [0.1, 0.15) is 0 Å². The van der Waals surface area contributed by atoms with Crippen LogP contribution in [0.3, 0.4) is 0 Å². The number of nitrogens with zero attached hydrogens (tertiary/aromatic N) is 1. The zero-order valence-electron chi connectivity index (χ0n) is 13.0. The Balaban J connectivity index is 2.12. The van der Waals surface area contributed by atoms with Crippen molar-refractivity contribution in [2.24, 2.45) is 11.8 Å². The minimum Gasteiger partial charge on any atom is -0.374 e. The van der Waals surface area contributed by atoms with Gasteiger partial charge in [-0.05, 0) is 25.3 Å². The highest BCUT2D eigenvalue weighted by Gasteiger charge is 2.43. The van der Waals surface area contributed by atoms with E-state index in [1.807, 2.05) is 30.0 Å². The van der Waals surface area contributed by atoms with Gasteiger partial charge in [0.25, 0.3) is 0 Å². The van der Waals surface area contributed by atoms with E-state index < -0.39 is 0 Å². The Kier molecular flexibility index (Phi) is 5.82. The molecule has 0 N–H and O–H groups in total. The number of halogens is 1. The smallest absolute Gasteiger partial charge is 0.228 e. The summed E-state index contributed by atoms with van der Waals surface area (Å²) in [5, 5.41) is 0.789. The zero-order chi connectivity index (χ0) is 15.4. The third-order valence-electron chi connectivity index (χ3n) is 4.41. The van der Waals surface area contributed by atoms with Crippen LogP contribution in [0.25, 0.3) is 0 Å². The van der Waals surface area contributed by atoms with Crippen molar-refractivity contribution in [3.05, 3.63) is 35.9 Å². The maximum atomic E-state index is 12.9. The summed E-state index contributed by atoms with van der Waals surface area (Å²) in [7, 11) is 0. The van der Waals surface area contributed by atoms with Crippen LogP contribution in [0, 0.1) is 11.8 Å². The predicted octanol–water partition coefficient (Wildman–Crippen LogP) is 3.47. The van der Waals surface area contributed by atoms with E-state index in [-0.39, 0.29) is 30.0 Å². The second kappa shape index (κ2) is 7.41. The number of rotatable bonds is 5. The van der Waals surface area contributed by atoms with Gasteiger partial charge in [0.15, 0.2) is 0 Å². The Morgan fingerprint density at radius 2 is 1.86 bits per heavy atom. The summed E-state index contributed by atoms with van der Waals surface area (Å²) >= 11 is 3.46. The minimum absolute atomic E-state index is 0.00361. The molecule has 1 aromatic carbocycles. The highest BCUT2D eigenvalue weighted by Crippen LogP contribution is 2.33. The maximum Gasteiger partial charge on any atom is 0.228 e. The topological polar surface area (TPSA) is 29.5 Å². The molecular formula is C17H24BrNO2. The summed E-state index contributed by atoms with van der Waals surface area (Å²) in [6.45, 7) is 7.57. The van der Waals surface area contributed by atoms with Crippen molar-refractivity contribution in [3.63, 3.8) is 0 Å². The largest absolute Gasteiger partial charge is 0.374 e. The molecule has 0 radical (unpaired) electrons. The molecule has 1 saturated heterocycles. The molecule has 3 nitrogen and oxygen atoms in total. The first kappa shape index (κ1) is 16.5. The van der Waals surface area contributed by atoms with Gasteiger partial charge >= 0.3 is 0 Å². The van der Waals surface area contributed by atoms with Gasteiger partial charge in [0.05, 0.1) is 18.1 Å². The Morgan fingerprint density at radius 1 is 1.19 bits per heavy atom. The van der Waals surface area contributed by atoms with Crippen LogP contribution in [0.5, 0.6) is 0 Å². The van der Waals surface area contributed by atoms with Gasteiger partial charge in [-0.25, -0.2) is 0 Å². The molecule has 4 atom stereocenters. The minimum atomic E-state index is -0.0391. The normalized spacial score (nSPS) is 28.6. The van der Waals surface area contributed by atoms with E-state index in [0.717, 1.165) is 11.9 Å². The SMILES string of the molecule is CC1OC(C)C(C(=O)N(CCBr)Cc2ccccc2)C1C. The summed E-state index contributed by atoms with van der Waals surface area (Å²) < 4.78 is 5.83. The molecule has 1 aromatic rings. The van der Waals surface area contributed by atoms with Crippen molar-refractivity contribution in [1.82, 2.24) is 4.90 Å². The number of carbonyl (C=O) groups is 1. The number of alkyl halides is 1. The van der Waals surface area contributed by atoms with Gasteiger partial charge in [-0.1, -0.05) is 53.2 Å². The predicted molar refractivity (Wildman–Crippen MR) is 88.3 cm³/mol. The van der Waals surface area contributed by atoms with Crippen molar-refractivity contribution in [2.75, 3.05) is 11.9 Å². The maximum absolute atomic E-state index is 12.9. The Labute approximate surface area is 135 Å². The molecule has 4 unspecified atom stereocenters. The fraction of sp³-hybridized carbons (Fsp3) is 0.588. The number of amides is 1. The van der Waals surface area contributed by atoms with Gasteiger partial charge < -0.3 is 9.64 Å². The number of carbonyl (C=O) groups excluding carboxylic acids is 1. The van der Waals surface area contributed by atoms with Crippen molar-refractivity contribution in [1.29, 1.82) is 0 Å². The molecule has 4 heteroatoms. The number of hydrogen-bond donors (Lipinski definition) is 0. The number of ether oxygens (including phenoxy) is 1. The summed E-state index contributed by atoms with van der Waals surface area (Å²) in [5.74, 6) is 0.437. The van der Waals surface area contributed by atoms with E-state index in [0.29, 0.717) is 6.54 Å². The lowest BCUT2D eigenvalue weighted by Crippen LogP contribution is -2.41. The molecule has 116 valence electrons. The first-order chi connectivity index (χ1) is 10.0. The summed E-state index contributed by atoms with van der Waals surface area (Å²) in [4.78, 5) is 14.9. The quantitative estimate of drug-likeness (QED) is 0.758. The van der Waals surface area contributed by atoms with E-state index in [9.17, 15) is 4.79 Å². The summed E-state index contributed by atoms with van der Waals surface area (Å²) in [6, 6.07) is 10.2. The molecule has 0 saturated carbocycles. The molecule has 1 heterocycles. The van der Waals surface area contributed by atoms with Crippen LogP contribution in [0.1, 0.15) is 26.3 Å².